The Morgan fingerprint density at radius 1 is 0.973 bits per heavy atom. The van der Waals surface area contributed by atoms with Crippen molar-refractivity contribution in [1.29, 1.82) is 0 Å². The molecule has 0 aliphatic carbocycles. The third-order valence-corrected chi connectivity index (χ3v) is 8.29. The standard InChI is InChI=1S/C27H44FNO7S/c1-4-5-6-7-8-9-10-11-12-13-18-33-20-27-25(35-26(2,3)36-27)24(30)23(34-27)19-29-37(31,32)22-16-14-21(28)15-17-22/h14-17,23-25,29-30H,4-13,18-20H2,1-3H3/t23-,24+,25-,27-/m0/s1. The number of ether oxygens (including phenoxy) is 4. The van der Waals surface area contributed by atoms with E-state index in [4.69, 9.17) is 18.9 Å². The van der Waals surface area contributed by atoms with Gasteiger partial charge in [-0.1, -0.05) is 64.7 Å². The minimum atomic E-state index is -3.92. The van der Waals surface area contributed by atoms with Crippen LogP contribution in [0, 0.1) is 5.82 Å². The summed E-state index contributed by atoms with van der Waals surface area (Å²) < 4.78 is 64.6. The van der Waals surface area contributed by atoms with Crippen LogP contribution in [0.5, 0.6) is 0 Å². The van der Waals surface area contributed by atoms with Crippen molar-refractivity contribution in [3.63, 3.8) is 0 Å². The van der Waals surface area contributed by atoms with Crippen molar-refractivity contribution in [1.82, 2.24) is 4.72 Å². The number of nitrogens with one attached hydrogen (secondary N) is 1. The number of benzene rings is 1. The van der Waals surface area contributed by atoms with Gasteiger partial charge in [-0.05, 0) is 44.5 Å². The Labute approximate surface area is 221 Å². The maximum absolute atomic E-state index is 13.2. The highest BCUT2D eigenvalue weighted by atomic mass is 32.2. The number of rotatable bonds is 17. The number of hydrogen-bond donors (Lipinski definition) is 2. The maximum Gasteiger partial charge on any atom is 0.240 e. The topological polar surface area (TPSA) is 103 Å². The second-order valence-corrected chi connectivity index (χ2v) is 12.3. The predicted octanol–water partition coefficient (Wildman–Crippen LogP) is 4.65. The molecule has 10 heteroatoms. The van der Waals surface area contributed by atoms with Crippen LogP contribution < -0.4 is 4.72 Å². The van der Waals surface area contributed by atoms with Gasteiger partial charge in [0, 0.05) is 13.2 Å². The third-order valence-electron chi connectivity index (χ3n) is 6.85. The summed E-state index contributed by atoms with van der Waals surface area (Å²) >= 11 is 0. The lowest BCUT2D eigenvalue weighted by Crippen LogP contribution is -2.45. The van der Waals surface area contributed by atoms with Crippen molar-refractivity contribution in [2.24, 2.45) is 0 Å². The number of aliphatic hydroxyl groups excluding tert-OH is 1. The van der Waals surface area contributed by atoms with Crippen molar-refractivity contribution >= 4 is 10.0 Å². The van der Waals surface area contributed by atoms with E-state index in [1.807, 2.05) is 0 Å². The number of fused-ring (bicyclic) bond motifs is 1. The van der Waals surface area contributed by atoms with Gasteiger partial charge in [0.15, 0.2) is 5.79 Å². The Balaban J connectivity index is 1.43. The highest BCUT2D eigenvalue weighted by molar-refractivity contribution is 7.89. The molecule has 2 N–H and O–H groups in total. The van der Waals surface area contributed by atoms with Crippen LogP contribution in [0.4, 0.5) is 4.39 Å². The smallest absolute Gasteiger partial charge is 0.240 e. The Hall–Kier alpha value is -1.14. The normalized spacial score (nSPS) is 27.0. The first-order valence-corrected chi connectivity index (χ1v) is 15.1. The molecule has 0 amide bonds. The van der Waals surface area contributed by atoms with Gasteiger partial charge in [-0.2, -0.15) is 0 Å². The van der Waals surface area contributed by atoms with Crippen LogP contribution in [0.1, 0.15) is 85.0 Å². The number of halogens is 1. The first-order valence-electron chi connectivity index (χ1n) is 13.7. The monoisotopic (exact) mass is 545 g/mol. The molecule has 2 fully saturated rings. The van der Waals surface area contributed by atoms with Crippen molar-refractivity contribution < 1.29 is 36.9 Å². The lowest BCUT2D eigenvalue weighted by molar-refractivity contribution is -0.277. The molecule has 0 bridgehead atoms. The Morgan fingerprint density at radius 2 is 1.57 bits per heavy atom. The second kappa shape index (κ2) is 13.8. The van der Waals surface area contributed by atoms with Gasteiger partial charge in [0.1, 0.15) is 30.7 Å². The van der Waals surface area contributed by atoms with Crippen molar-refractivity contribution in [3.05, 3.63) is 30.1 Å². The molecule has 0 unspecified atom stereocenters. The summed E-state index contributed by atoms with van der Waals surface area (Å²) in [5, 5.41) is 10.9. The summed E-state index contributed by atoms with van der Waals surface area (Å²) in [5.41, 5.74) is 0. The molecule has 2 heterocycles. The summed E-state index contributed by atoms with van der Waals surface area (Å²) in [4.78, 5) is -0.0789. The molecule has 0 aromatic heterocycles. The van der Waals surface area contributed by atoms with Crippen molar-refractivity contribution in [2.75, 3.05) is 19.8 Å². The molecule has 2 aliphatic heterocycles. The number of aliphatic hydroxyl groups is 1. The SMILES string of the molecule is CCCCCCCCCCCCOC[C@@]12O[C@@H](CNS(=O)(=O)c3ccc(F)cc3)[C@@H](O)[C@@H]1OC(C)(C)O2. The highest BCUT2D eigenvalue weighted by Gasteiger charge is 2.64. The van der Waals surface area contributed by atoms with E-state index in [1.165, 1.54) is 63.5 Å². The Bertz CT molecular complexity index is 927. The molecule has 0 spiro atoms. The van der Waals surface area contributed by atoms with Crippen molar-refractivity contribution in [3.8, 4) is 0 Å². The first kappa shape index (κ1) is 30.4. The third kappa shape index (κ3) is 8.68. The van der Waals surface area contributed by atoms with Gasteiger partial charge in [-0.3, -0.25) is 0 Å². The van der Waals surface area contributed by atoms with E-state index < -0.39 is 45.7 Å². The molecule has 0 radical (unpaired) electrons. The molecule has 3 rings (SSSR count). The molecule has 1 aromatic rings. The van der Waals surface area contributed by atoms with E-state index in [2.05, 4.69) is 11.6 Å². The van der Waals surface area contributed by atoms with Gasteiger partial charge in [0.25, 0.3) is 0 Å². The predicted molar refractivity (Wildman–Crippen MR) is 138 cm³/mol. The summed E-state index contributed by atoms with van der Waals surface area (Å²) in [5.74, 6) is -2.84. The fourth-order valence-electron chi connectivity index (χ4n) is 4.94. The van der Waals surface area contributed by atoms with E-state index in [0.29, 0.717) is 6.61 Å². The first-order chi connectivity index (χ1) is 17.6. The fourth-order valence-corrected chi connectivity index (χ4v) is 5.98. The molecule has 2 saturated heterocycles. The van der Waals surface area contributed by atoms with Crippen molar-refractivity contribution in [2.45, 2.75) is 120 Å². The molecular weight excluding hydrogens is 501 g/mol. The van der Waals surface area contributed by atoms with Gasteiger partial charge in [0.05, 0.1) is 4.90 Å². The highest BCUT2D eigenvalue weighted by Crippen LogP contribution is 2.45. The molecule has 37 heavy (non-hydrogen) atoms. The van der Waals surface area contributed by atoms with E-state index in [9.17, 15) is 17.9 Å². The largest absolute Gasteiger partial charge is 0.387 e. The zero-order chi connectivity index (χ0) is 26.9. The van der Waals surface area contributed by atoms with Crippen LogP contribution in [0.3, 0.4) is 0 Å². The molecule has 212 valence electrons. The maximum atomic E-state index is 13.2. The number of sulfonamides is 1. The van der Waals surface area contributed by atoms with Crippen LogP contribution >= 0.6 is 0 Å². The molecule has 0 saturated carbocycles. The number of hydrogen-bond acceptors (Lipinski definition) is 7. The van der Waals surface area contributed by atoms with Crippen LogP contribution in [-0.2, 0) is 29.0 Å². The Morgan fingerprint density at radius 3 is 2.19 bits per heavy atom. The van der Waals surface area contributed by atoms with E-state index in [0.717, 1.165) is 25.0 Å². The van der Waals surface area contributed by atoms with E-state index in [-0.39, 0.29) is 18.0 Å². The zero-order valence-electron chi connectivity index (χ0n) is 22.4. The molecule has 2 aliphatic rings. The van der Waals surface area contributed by atoms with Gasteiger partial charge < -0.3 is 24.1 Å². The van der Waals surface area contributed by atoms with Crippen LogP contribution in [0.15, 0.2) is 29.2 Å². The summed E-state index contributed by atoms with van der Waals surface area (Å²) in [6, 6.07) is 4.50. The van der Waals surface area contributed by atoms with Crippen LogP contribution in [0.2, 0.25) is 0 Å². The minimum absolute atomic E-state index is 0.0663. The molecule has 8 nitrogen and oxygen atoms in total. The van der Waals surface area contributed by atoms with E-state index in [1.54, 1.807) is 13.8 Å². The summed E-state index contributed by atoms with van der Waals surface area (Å²) in [7, 11) is -3.92. The lowest BCUT2D eigenvalue weighted by Gasteiger charge is -2.28. The summed E-state index contributed by atoms with van der Waals surface area (Å²) in [6.45, 7) is 6.10. The zero-order valence-corrected chi connectivity index (χ0v) is 23.2. The van der Waals surface area contributed by atoms with Gasteiger partial charge in [0.2, 0.25) is 15.8 Å². The fraction of sp³-hybridized carbons (Fsp3) is 0.778. The summed E-state index contributed by atoms with van der Waals surface area (Å²) in [6.07, 6.45) is 9.46. The Kier molecular flexibility index (Phi) is 11.3. The minimum Gasteiger partial charge on any atom is -0.387 e. The molecule has 1 aromatic carbocycles. The van der Waals surface area contributed by atoms with E-state index >= 15 is 0 Å². The van der Waals surface area contributed by atoms with Crippen LogP contribution in [-0.4, -0.2) is 63.2 Å². The second-order valence-electron chi connectivity index (χ2n) is 10.5. The van der Waals surface area contributed by atoms with Gasteiger partial charge in [-0.25, -0.2) is 17.5 Å². The lowest BCUT2D eigenvalue weighted by atomic mass is 10.1. The average Bonchev–Trinajstić information content (AvgIpc) is 3.25. The number of unbranched alkanes of at least 4 members (excludes halogenated alkanes) is 9. The molecule has 4 atom stereocenters. The van der Waals surface area contributed by atoms with Gasteiger partial charge >= 0.3 is 0 Å². The van der Waals surface area contributed by atoms with Gasteiger partial charge in [-0.15, -0.1) is 0 Å². The van der Waals surface area contributed by atoms with Crippen LogP contribution in [0.25, 0.3) is 0 Å². The average molecular weight is 546 g/mol. The quantitative estimate of drug-likeness (QED) is 0.275. The molecular formula is C27H44FNO7S.